The highest BCUT2D eigenvalue weighted by Crippen LogP contribution is 2.32. The average molecular weight is 336 g/mol. The van der Waals surface area contributed by atoms with Crippen molar-refractivity contribution < 1.29 is 19.0 Å². The lowest BCUT2D eigenvalue weighted by Gasteiger charge is -2.18. The number of carbonyl (C=O) groups is 1. The van der Waals surface area contributed by atoms with Crippen molar-refractivity contribution in [2.75, 3.05) is 6.61 Å². The highest BCUT2D eigenvalue weighted by Gasteiger charge is 2.23. The minimum Gasteiger partial charge on any atom is -0.506 e. The zero-order valence-corrected chi connectivity index (χ0v) is 12.9. The van der Waals surface area contributed by atoms with Gasteiger partial charge < -0.3 is 15.2 Å². The predicted octanol–water partition coefficient (Wildman–Crippen LogP) is 3.83. The number of rotatable bonds is 2. The third-order valence-corrected chi connectivity index (χ3v) is 4.06. The van der Waals surface area contributed by atoms with Gasteiger partial charge in [-0.25, -0.2) is 4.39 Å². The molecule has 6 heteroatoms. The molecule has 1 aliphatic rings. The molecule has 3 rings (SSSR count). The van der Waals surface area contributed by atoms with E-state index in [1.807, 2.05) is 0 Å². The normalized spacial score (nSPS) is 16.9. The summed E-state index contributed by atoms with van der Waals surface area (Å²) in [6, 6.07) is 8.19. The first-order valence-electron chi connectivity index (χ1n) is 7.26. The first-order chi connectivity index (χ1) is 11.0. The first kappa shape index (κ1) is 15.6. The molecule has 0 fully saturated rings. The molecule has 0 spiro atoms. The number of carbonyl (C=O) groups excluding carboxylic acids is 1. The van der Waals surface area contributed by atoms with Crippen LogP contribution < -0.4 is 10.1 Å². The lowest BCUT2D eigenvalue weighted by atomic mass is 10.0. The zero-order chi connectivity index (χ0) is 16.4. The van der Waals surface area contributed by atoms with E-state index in [0.717, 1.165) is 6.42 Å². The molecule has 2 aromatic rings. The molecule has 4 nitrogen and oxygen atoms in total. The van der Waals surface area contributed by atoms with Crippen molar-refractivity contribution in [3.8, 4) is 11.5 Å². The molecule has 0 aliphatic carbocycles. The molecule has 2 N–H and O–H groups in total. The topological polar surface area (TPSA) is 58.6 Å². The van der Waals surface area contributed by atoms with Crippen molar-refractivity contribution in [3.63, 3.8) is 0 Å². The first-order valence-corrected chi connectivity index (χ1v) is 7.64. The number of amides is 1. The molecule has 1 amide bonds. The molecule has 1 atom stereocenters. The molecular weight excluding hydrogens is 321 g/mol. The summed E-state index contributed by atoms with van der Waals surface area (Å²) in [7, 11) is 0. The summed E-state index contributed by atoms with van der Waals surface area (Å²) >= 11 is 5.83. The van der Waals surface area contributed by atoms with Crippen molar-refractivity contribution in [1.82, 2.24) is 5.32 Å². The van der Waals surface area contributed by atoms with Crippen molar-refractivity contribution >= 4 is 17.5 Å². The number of fused-ring (bicyclic) bond motifs is 1. The molecule has 0 saturated carbocycles. The summed E-state index contributed by atoms with van der Waals surface area (Å²) in [4.78, 5) is 12.4. The summed E-state index contributed by atoms with van der Waals surface area (Å²) < 4.78 is 19.1. The van der Waals surface area contributed by atoms with Crippen molar-refractivity contribution in [1.29, 1.82) is 0 Å². The predicted molar refractivity (Wildman–Crippen MR) is 84.5 cm³/mol. The van der Waals surface area contributed by atoms with Gasteiger partial charge in [-0.3, -0.25) is 4.79 Å². The van der Waals surface area contributed by atoms with Crippen LogP contribution in [0.4, 0.5) is 4.39 Å². The van der Waals surface area contributed by atoms with E-state index in [9.17, 15) is 14.3 Å². The summed E-state index contributed by atoms with van der Waals surface area (Å²) in [6.45, 7) is 0.524. The number of hydrogen-bond acceptors (Lipinski definition) is 3. The second-order valence-corrected chi connectivity index (χ2v) is 5.77. The van der Waals surface area contributed by atoms with Crippen LogP contribution in [0.3, 0.4) is 0 Å². The van der Waals surface area contributed by atoms with Gasteiger partial charge in [0.1, 0.15) is 17.3 Å². The number of ether oxygens (including phenoxy) is 1. The third kappa shape index (κ3) is 3.40. The second-order valence-electron chi connectivity index (χ2n) is 5.37. The molecule has 0 radical (unpaired) electrons. The molecule has 1 heterocycles. The lowest BCUT2D eigenvalue weighted by molar-refractivity contribution is 0.0934. The van der Waals surface area contributed by atoms with Gasteiger partial charge in [0.15, 0.2) is 0 Å². The number of nitrogens with one attached hydrogen (secondary N) is 1. The number of phenols is 1. The monoisotopic (exact) mass is 335 g/mol. The fourth-order valence-electron chi connectivity index (χ4n) is 2.59. The van der Waals surface area contributed by atoms with Crippen LogP contribution in [-0.4, -0.2) is 17.6 Å². The quantitative estimate of drug-likeness (QED) is 0.877. The molecule has 0 saturated heterocycles. The highest BCUT2D eigenvalue weighted by atomic mass is 35.5. The number of benzene rings is 2. The molecular formula is C17H15ClFNO3. The number of hydrogen-bond donors (Lipinski definition) is 2. The van der Waals surface area contributed by atoms with Crippen LogP contribution in [-0.2, 0) is 0 Å². The Kier molecular flexibility index (Phi) is 4.39. The van der Waals surface area contributed by atoms with Crippen LogP contribution in [0.2, 0.25) is 5.02 Å². The molecule has 0 aromatic heterocycles. The maximum atomic E-state index is 13.5. The summed E-state index contributed by atoms with van der Waals surface area (Å²) in [5.41, 5.74) is 0.955. The Bertz CT molecular complexity index is 751. The second kappa shape index (κ2) is 6.46. The Morgan fingerprint density at radius 1 is 1.30 bits per heavy atom. The van der Waals surface area contributed by atoms with Crippen LogP contribution in [0.1, 0.15) is 34.8 Å². The standard InChI is InChI=1S/C17H15ClFNO3/c18-13-8-10(3-5-15(13)21)17(22)20-14-2-1-7-23-16-6-4-11(19)9-12(14)16/h3-6,8-9,14,21H,1-2,7H2,(H,20,22)/t14-/m0/s1. The van der Waals surface area contributed by atoms with E-state index in [4.69, 9.17) is 16.3 Å². The van der Waals surface area contributed by atoms with Gasteiger partial charge >= 0.3 is 0 Å². The van der Waals surface area contributed by atoms with Gasteiger partial charge in [0, 0.05) is 11.1 Å². The Morgan fingerprint density at radius 3 is 2.91 bits per heavy atom. The Balaban J connectivity index is 1.86. The van der Waals surface area contributed by atoms with Crippen LogP contribution in [0, 0.1) is 5.82 Å². The maximum Gasteiger partial charge on any atom is 0.251 e. The zero-order valence-electron chi connectivity index (χ0n) is 12.2. The largest absolute Gasteiger partial charge is 0.506 e. The highest BCUT2D eigenvalue weighted by molar-refractivity contribution is 6.32. The summed E-state index contributed by atoms with van der Waals surface area (Å²) in [5.74, 6) is -0.216. The molecule has 0 bridgehead atoms. The Hall–Kier alpha value is -2.27. The van der Waals surface area contributed by atoms with Gasteiger partial charge in [0.25, 0.3) is 5.91 Å². The Labute approximate surface area is 137 Å². The van der Waals surface area contributed by atoms with Crippen LogP contribution >= 0.6 is 11.6 Å². The SMILES string of the molecule is O=C(N[C@H]1CCCOc2ccc(F)cc21)c1ccc(O)c(Cl)c1. The molecule has 0 unspecified atom stereocenters. The van der Waals surface area contributed by atoms with Crippen molar-refractivity contribution in [2.24, 2.45) is 0 Å². The fourth-order valence-corrected chi connectivity index (χ4v) is 2.77. The van der Waals surface area contributed by atoms with Crippen LogP contribution in [0.5, 0.6) is 11.5 Å². The van der Waals surface area contributed by atoms with Gasteiger partial charge in [-0.1, -0.05) is 11.6 Å². The van der Waals surface area contributed by atoms with Gasteiger partial charge in [-0.15, -0.1) is 0 Å². The van der Waals surface area contributed by atoms with E-state index in [1.165, 1.54) is 30.3 Å². The minimum absolute atomic E-state index is 0.0847. The Morgan fingerprint density at radius 2 is 2.13 bits per heavy atom. The number of aromatic hydroxyl groups is 1. The van der Waals surface area contributed by atoms with Crippen molar-refractivity contribution in [3.05, 3.63) is 58.4 Å². The smallest absolute Gasteiger partial charge is 0.251 e. The van der Waals surface area contributed by atoms with Gasteiger partial charge in [-0.05, 0) is 49.2 Å². The molecule has 120 valence electrons. The van der Waals surface area contributed by atoms with Gasteiger partial charge in [0.05, 0.1) is 17.7 Å². The lowest BCUT2D eigenvalue weighted by Crippen LogP contribution is -2.28. The minimum atomic E-state index is -0.374. The molecule has 1 aliphatic heterocycles. The van der Waals surface area contributed by atoms with E-state index in [-0.39, 0.29) is 28.5 Å². The van der Waals surface area contributed by atoms with E-state index in [2.05, 4.69) is 5.32 Å². The number of halogens is 2. The van der Waals surface area contributed by atoms with Crippen molar-refractivity contribution in [2.45, 2.75) is 18.9 Å². The van der Waals surface area contributed by atoms with Crippen LogP contribution in [0.25, 0.3) is 0 Å². The van der Waals surface area contributed by atoms with Gasteiger partial charge in [-0.2, -0.15) is 0 Å². The number of phenolic OH excluding ortho intramolecular Hbond substituents is 1. The summed E-state index contributed by atoms with van der Waals surface area (Å²) in [5, 5.41) is 12.4. The third-order valence-electron chi connectivity index (χ3n) is 3.76. The summed E-state index contributed by atoms with van der Waals surface area (Å²) in [6.07, 6.45) is 1.39. The van der Waals surface area contributed by atoms with Crippen LogP contribution in [0.15, 0.2) is 36.4 Å². The van der Waals surface area contributed by atoms with E-state index < -0.39 is 0 Å². The maximum absolute atomic E-state index is 13.5. The van der Waals surface area contributed by atoms with E-state index in [0.29, 0.717) is 29.9 Å². The fraction of sp³-hybridized carbons (Fsp3) is 0.235. The van der Waals surface area contributed by atoms with Gasteiger partial charge in [0.2, 0.25) is 0 Å². The van der Waals surface area contributed by atoms with E-state index in [1.54, 1.807) is 6.07 Å². The molecule has 2 aromatic carbocycles. The van der Waals surface area contributed by atoms with E-state index >= 15 is 0 Å². The average Bonchev–Trinajstić information content (AvgIpc) is 2.72. The molecule has 23 heavy (non-hydrogen) atoms.